The summed E-state index contributed by atoms with van der Waals surface area (Å²) in [5, 5.41) is 9.63. The van der Waals surface area contributed by atoms with Crippen LogP contribution in [0.4, 0.5) is 0 Å². The van der Waals surface area contributed by atoms with Crippen LogP contribution in [0.3, 0.4) is 0 Å². The maximum absolute atomic E-state index is 13.0. The van der Waals surface area contributed by atoms with Gasteiger partial charge in [0.05, 0.1) is 11.5 Å². The lowest BCUT2D eigenvalue weighted by atomic mass is 9.71. The highest BCUT2D eigenvalue weighted by Gasteiger charge is 2.46. The minimum absolute atomic E-state index is 0.0384. The van der Waals surface area contributed by atoms with E-state index in [-0.39, 0.29) is 12.0 Å². The van der Waals surface area contributed by atoms with Gasteiger partial charge in [-0.25, -0.2) is 8.42 Å². The standard InChI is InChI=1S/C19H25NO3S/c1-13-5-7-17(8-6-13)24(22,23)20-10-18-15(3)14(2)16(11-21)9-19(18,4)12-20/h5-8,21H,9-12H2,1-4H3. The molecule has 4 nitrogen and oxygen atoms in total. The number of sulfonamides is 1. The Morgan fingerprint density at radius 2 is 1.75 bits per heavy atom. The van der Waals surface area contributed by atoms with Crippen molar-refractivity contribution in [1.82, 2.24) is 4.31 Å². The van der Waals surface area contributed by atoms with E-state index in [9.17, 15) is 13.5 Å². The van der Waals surface area contributed by atoms with Crippen LogP contribution in [0.5, 0.6) is 0 Å². The lowest BCUT2D eigenvalue weighted by Crippen LogP contribution is -2.32. The van der Waals surface area contributed by atoms with Crippen molar-refractivity contribution in [3.8, 4) is 0 Å². The molecule has 0 amide bonds. The summed E-state index contributed by atoms with van der Waals surface area (Å²) in [4.78, 5) is 0.348. The number of hydrogen-bond donors (Lipinski definition) is 1. The summed E-state index contributed by atoms with van der Waals surface area (Å²) in [6, 6.07) is 7.02. The molecule has 0 spiro atoms. The summed E-state index contributed by atoms with van der Waals surface area (Å²) < 4.78 is 27.6. The van der Waals surface area contributed by atoms with E-state index in [4.69, 9.17) is 0 Å². The highest BCUT2D eigenvalue weighted by molar-refractivity contribution is 7.89. The molecule has 1 saturated heterocycles. The van der Waals surface area contributed by atoms with Crippen LogP contribution in [0.15, 0.2) is 51.5 Å². The fourth-order valence-corrected chi connectivity index (χ4v) is 5.47. The molecule has 1 unspecified atom stereocenters. The van der Waals surface area contributed by atoms with E-state index >= 15 is 0 Å². The Balaban J connectivity index is 1.98. The summed E-state index contributed by atoms with van der Waals surface area (Å²) in [5.41, 5.74) is 5.27. The van der Waals surface area contributed by atoms with E-state index in [1.54, 1.807) is 16.4 Å². The van der Waals surface area contributed by atoms with E-state index in [1.807, 2.05) is 32.9 Å². The number of aryl methyl sites for hydroxylation is 1. The number of nitrogens with zero attached hydrogens (tertiary/aromatic N) is 1. The normalized spacial score (nSPS) is 25.4. The van der Waals surface area contributed by atoms with Crippen molar-refractivity contribution < 1.29 is 13.5 Å². The molecule has 1 heterocycles. The first kappa shape index (κ1) is 17.4. The fraction of sp³-hybridized carbons (Fsp3) is 0.474. The monoisotopic (exact) mass is 347 g/mol. The molecule has 130 valence electrons. The molecule has 1 fully saturated rings. The second-order valence-electron chi connectivity index (χ2n) is 7.31. The minimum Gasteiger partial charge on any atom is -0.392 e. The van der Waals surface area contributed by atoms with Crippen LogP contribution in [0.1, 0.15) is 32.8 Å². The maximum atomic E-state index is 13.0. The molecule has 0 saturated carbocycles. The van der Waals surface area contributed by atoms with Gasteiger partial charge in [0.1, 0.15) is 0 Å². The van der Waals surface area contributed by atoms with Crippen LogP contribution in [0, 0.1) is 12.3 Å². The van der Waals surface area contributed by atoms with E-state index in [0.29, 0.717) is 18.0 Å². The van der Waals surface area contributed by atoms with Crippen molar-refractivity contribution in [2.24, 2.45) is 5.41 Å². The molecule has 1 aliphatic heterocycles. The lowest BCUT2D eigenvalue weighted by Gasteiger charge is -2.33. The largest absolute Gasteiger partial charge is 0.392 e. The molecule has 0 bridgehead atoms. The molecule has 3 rings (SSSR count). The first-order valence-corrected chi connectivity index (χ1v) is 9.70. The van der Waals surface area contributed by atoms with Gasteiger partial charge in [-0.1, -0.05) is 24.6 Å². The summed E-state index contributed by atoms with van der Waals surface area (Å²) >= 11 is 0. The molecule has 0 aromatic heterocycles. The molecule has 24 heavy (non-hydrogen) atoms. The Morgan fingerprint density at radius 1 is 1.12 bits per heavy atom. The maximum Gasteiger partial charge on any atom is 0.243 e. The van der Waals surface area contributed by atoms with Crippen molar-refractivity contribution in [2.45, 2.75) is 39.0 Å². The van der Waals surface area contributed by atoms with Gasteiger partial charge in [-0.2, -0.15) is 4.31 Å². The Hall–Kier alpha value is -1.43. The molecule has 1 aromatic carbocycles. The van der Waals surface area contributed by atoms with Crippen LogP contribution < -0.4 is 0 Å². The highest BCUT2D eigenvalue weighted by atomic mass is 32.2. The Labute approximate surface area is 144 Å². The zero-order valence-electron chi connectivity index (χ0n) is 14.8. The Morgan fingerprint density at radius 3 is 2.33 bits per heavy atom. The SMILES string of the molecule is CC1=C(CO)CC2(C)CN(S(=O)(=O)c3ccc(C)cc3)CC2=C1C. The van der Waals surface area contributed by atoms with Crippen molar-refractivity contribution in [2.75, 3.05) is 19.7 Å². The summed E-state index contributed by atoms with van der Waals surface area (Å²) in [6.07, 6.45) is 0.724. The Bertz CT molecular complexity index is 834. The third-order valence-electron chi connectivity index (χ3n) is 5.59. The van der Waals surface area contributed by atoms with Crippen molar-refractivity contribution >= 4 is 10.0 Å². The summed E-state index contributed by atoms with van der Waals surface area (Å²) in [6.45, 7) is 9.06. The van der Waals surface area contributed by atoms with Gasteiger partial charge in [0.15, 0.2) is 0 Å². The number of hydrogen-bond acceptors (Lipinski definition) is 3. The summed E-state index contributed by atoms with van der Waals surface area (Å²) in [5.74, 6) is 0. The van der Waals surface area contributed by atoms with Crippen LogP contribution in [0.2, 0.25) is 0 Å². The molecule has 2 aliphatic rings. The topological polar surface area (TPSA) is 57.6 Å². The highest BCUT2D eigenvalue weighted by Crippen LogP contribution is 2.48. The van der Waals surface area contributed by atoms with E-state index in [0.717, 1.165) is 28.7 Å². The average molecular weight is 347 g/mol. The predicted molar refractivity (Wildman–Crippen MR) is 95.1 cm³/mol. The van der Waals surface area contributed by atoms with Gasteiger partial charge in [0, 0.05) is 18.5 Å². The van der Waals surface area contributed by atoms with Gasteiger partial charge in [-0.15, -0.1) is 0 Å². The zero-order valence-corrected chi connectivity index (χ0v) is 15.6. The number of allylic oxidation sites excluding steroid dienone is 2. The van der Waals surface area contributed by atoms with Crippen molar-refractivity contribution in [3.05, 3.63) is 52.1 Å². The number of aliphatic hydroxyl groups is 1. The second-order valence-corrected chi connectivity index (χ2v) is 9.25. The quantitative estimate of drug-likeness (QED) is 0.914. The minimum atomic E-state index is -3.50. The van der Waals surface area contributed by atoms with Crippen molar-refractivity contribution in [3.63, 3.8) is 0 Å². The molecule has 5 heteroatoms. The van der Waals surface area contributed by atoms with E-state index in [1.165, 1.54) is 5.57 Å². The van der Waals surface area contributed by atoms with E-state index in [2.05, 4.69) is 6.92 Å². The molecule has 1 aromatic rings. The molecule has 1 N–H and O–H groups in total. The molecule has 1 atom stereocenters. The molecule has 1 aliphatic carbocycles. The van der Waals surface area contributed by atoms with Gasteiger partial charge >= 0.3 is 0 Å². The van der Waals surface area contributed by atoms with Crippen LogP contribution in [-0.4, -0.2) is 37.5 Å². The predicted octanol–water partition coefficient (Wildman–Crippen LogP) is 3.03. The fourth-order valence-electron chi connectivity index (χ4n) is 3.94. The van der Waals surface area contributed by atoms with Crippen molar-refractivity contribution in [1.29, 1.82) is 0 Å². The summed E-state index contributed by atoms with van der Waals surface area (Å²) in [7, 11) is -3.50. The second kappa shape index (κ2) is 5.83. The van der Waals surface area contributed by atoms with E-state index < -0.39 is 10.0 Å². The zero-order chi connectivity index (χ0) is 17.7. The number of rotatable bonds is 3. The van der Waals surface area contributed by atoms with Gasteiger partial charge < -0.3 is 5.11 Å². The van der Waals surface area contributed by atoms with Gasteiger partial charge in [0.2, 0.25) is 10.0 Å². The number of aliphatic hydroxyl groups excluding tert-OH is 1. The average Bonchev–Trinajstić information content (AvgIpc) is 2.90. The number of fused-ring (bicyclic) bond motifs is 1. The molecular weight excluding hydrogens is 322 g/mol. The lowest BCUT2D eigenvalue weighted by molar-refractivity contribution is 0.297. The van der Waals surface area contributed by atoms with Crippen LogP contribution in [-0.2, 0) is 10.0 Å². The van der Waals surface area contributed by atoms with Gasteiger partial charge in [-0.05, 0) is 61.6 Å². The van der Waals surface area contributed by atoms with Gasteiger partial charge in [0.25, 0.3) is 0 Å². The van der Waals surface area contributed by atoms with Crippen LogP contribution >= 0.6 is 0 Å². The first-order valence-electron chi connectivity index (χ1n) is 8.26. The van der Waals surface area contributed by atoms with Gasteiger partial charge in [-0.3, -0.25) is 0 Å². The Kier molecular flexibility index (Phi) is 4.22. The smallest absolute Gasteiger partial charge is 0.243 e. The van der Waals surface area contributed by atoms with Crippen LogP contribution in [0.25, 0.3) is 0 Å². The molecular formula is C19H25NO3S. The third-order valence-corrected chi connectivity index (χ3v) is 7.39. The number of benzene rings is 1. The third kappa shape index (κ3) is 2.65. The molecule has 0 radical (unpaired) electrons. The first-order chi connectivity index (χ1) is 11.2.